The maximum atomic E-state index is 10.6. The summed E-state index contributed by atoms with van der Waals surface area (Å²) < 4.78 is 7.98. The molecule has 1 heterocycles. The molecule has 0 aromatic heterocycles. The van der Waals surface area contributed by atoms with Gasteiger partial charge in [0.15, 0.2) is 0 Å². The van der Waals surface area contributed by atoms with Crippen molar-refractivity contribution in [2.24, 2.45) is 0 Å². The summed E-state index contributed by atoms with van der Waals surface area (Å²) in [6.45, 7) is 0. The number of rotatable bonds is 3. The van der Waals surface area contributed by atoms with Crippen molar-refractivity contribution in [1.82, 2.24) is 0 Å². The smallest absolute Gasteiger partial charge is 0.691 e. The monoisotopic (exact) mass is 202 g/mol. The van der Waals surface area contributed by atoms with Gasteiger partial charge in [0.05, 0.1) is 6.42 Å². The first-order valence-electron chi connectivity index (χ1n) is 2.60. The van der Waals surface area contributed by atoms with Crippen LogP contribution in [0.25, 0.3) is 0 Å². The van der Waals surface area contributed by atoms with Crippen LogP contribution in [0.5, 0.6) is 0 Å². The van der Waals surface area contributed by atoms with E-state index in [1.807, 2.05) is 0 Å². The zero-order valence-corrected chi connectivity index (χ0v) is 8.96. The Kier molecular flexibility index (Phi) is 6.10. The largest absolute Gasteiger partial charge is 1.00 e. The molecule has 1 aliphatic heterocycles. The first kappa shape index (κ1) is 12.4. The van der Waals surface area contributed by atoms with Gasteiger partial charge in [-0.3, -0.25) is 14.6 Å². The van der Waals surface area contributed by atoms with Crippen LogP contribution in [0.4, 0.5) is 0 Å². The minimum absolute atomic E-state index is 0. The molecule has 12 heavy (non-hydrogen) atoms. The Balaban J connectivity index is 0.00000121. The maximum absolute atomic E-state index is 10.6. The predicted molar refractivity (Wildman–Crippen MR) is 29.3 cm³/mol. The van der Waals surface area contributed by atoms with Crippen LogP contribution in [0, 0.1) is 0 Å². The molecule has 1 atom stereocenters. The Labute approximate surface area is 93.9 Å². The fraction of sp³-hybridized carbons (Fsp3) is 0.500. The molecule has 0 saturated carbocycles. The van der Waals surface area contributed by atoms with Crippen molar-refractivity contribution in [2.45, 2.75) is 11.7 Å². The molecule has 62 valence electrons. The Bertz CT molecular complexity index is 184. The molecule has 6 nitrogen and oxygen atoms in total. The van der Waals surface area contributed by atoms with Gasteiger partial charge >= 0.3 is 41.5 Å². The van der Waals surface area contributed by atoms with E-state index >= 15 is 0 Å². The van der Waals surface area contributed by atoms with Gasteiger partial charge in [0.2, 0.25) is 0 Å². The number of cyclic esters (lactones) is 2. The average molecular weight is 202 g/mol. The Morgan fingerprint density at radius 3 is 2.67 bits per heavy atom. The van der Waals surface area contributed by atoms with Gasteiger partial charge in [0, 0.05) is 12.0 Å². The second-order valence-electron chi connectivity index (χ2n) is 1.72. The molecule has 1 rings (SSSR count). The summed E-state index contributed by atoms with van der Waals surface area (Å²) in [5, 5.41) is 11.5. The second kappa shape index (κ2) is 5.92. The van der Waals surface area contributed by atoms with Crippen molar-refractivity contribution in [1.29, 1.82) is 0 Å². The molecule has 1 saturated heterocycles. The first-order chi connectivity index (χ1) is 5.24. The molecule has 0 aromatic rings. The fourth-order valence-corrected chi connectivity index (χ4v) is 1.05. The van der Waals surface area contributed by atoms with Crippen LogP contribution in [0.1, 0.15) is 6.42 Å². The van der Waals surface area contributed by atoms with Crippen molar-refractivity contribution >= 4 is 24.0 Å². The standard InChI is InChI=1S/C4H4O6S.Na/c5-3-1-2(4(6)8-3)11-10-9-7;/h2,7H,1H2;/q;+1/p-1. The molecule has 1 unspecified atom stereocenters. The molecule has 0 N–H and O–H groups in total. The van der Waals surface area contributed by atoms with Crippen LogP contribution in [0.2, 0.25) is 0 Å². The minimum Gasteiger partial charge on any atom is -0.691 e. The Morgan fingerprint density at radius 1 is 1.58 bits per heavy atom. The fourth-order valence-electron chi connectivity index (χ4n) is 0.591. The second-order valence-corrected chi connectivity index (χ2v) is 2.62. The zero-order chi connectivity index (χ0) is 8.27. The van der Waals surface area contributed by atoms with Gasteiger partial charge in [0.1, 0.15) is 5.25 Å². The Hall–Kier alpha value is 0.370. The van der Waals surface area contributed by atoms with Crippen molar-refractivity contribution in [3.8, 4) is 0 Å². The number of esters is 2. The van der Waals surface area contributed by atoms with E-state index in [1.165, 1.54) is 0 Å². The first-order valence-corrected chi connectivity index (χ1v) is 3.41. The van der Waals surface area contributed by atoms with Crippen LogP contribution in [-0.2, 0) is 23.7 Å². The zero-order valence-electron chi connectivity index (χ0n) is 6.14. The number of carbonyl (C=O) groups is 2. The molecule has 8 heteroatoms. The molecule has 1 fully saturated rings. The molecule has 0 spiro atoms. The van der Waals surface area contributed by atoms with E-state index in [4.69, 9.17) is 0 Å². The average Bonchev–Trinajstić information content (AvgIpc) is 2.26. The number of carbonyl (C=O) groups excluding carboxylic acids is 2. The van der Waals surface area contributed by atoms with Crippen molar-refractivity contribution in [3.05, 3.63) is 0 Å². The SMILES string of the molecule is O=C1CC(SOO[O-])C(=O)O1.[Na+]. The van der Waals surface area contributed by atoms with Crippen LogP contribution < -0.4 is 34.8 Å². The summed E-state index contributed by atoms with van der Waals surface area (Å²) in [7, 11) is 0. The van der Waals surface area contributed by atoms with E-state index < -0.39 is 17.2 Å². The van der Waals surface area contributed by atoms with Crippen LogP contribution >= 0.6 is 12.0 Å². The normalized spacial score (nSPS) is 21.9. The van der Waals surface area contributed by atoms with Gasteiger partial charge in [0.25, 0.3) is 0 Å². The van der Waals surface area contributed by atoms with Crippen molar-refractivity contribution in [2.75, 3.05) is 0 Å². The number of hydrogen-bond acceptors (Lipinski definition) is 7. The number of ether oxygens (including phenoxy) is 1. The third kappa shape index (κ3) is 3.40. The maximum Gasteiger partial charge on any atom is 1.00 e. The van der Waals surface area contributed by atoms with Gasteiger partial charge in [-0.2, -0.15) is 4.33 Å². The van der Waals surface area contributed by atoms with Gasteiger partial charge < -0.3 is 9.99 Å². The van der Waals surface area contributed by atoms with E-state index in [-0.39, 0.29) is 36.0 Å². The van der Waals surface area contributed by atoms with E-state index in [0.717, 1.165) is 0 Å². The number of hydrogen-bond donors (Lipinski definition) is 0. The molecule has 0 bridgehead atoms. The van der Waals surface area contributed by atoms with E-state index in [0.29, 0.717) is 12.0 Å². The van der Waals surface area contributed by atoms with Gasteiger partial charge in [-0.05, 0) is 0 Å². The minimum atomic E-state index is -0.781. The van der Waals surface area contributed by atoms with Crippen LogP contribution in [0.3, 0.4) is 0 Å². The summed E-state index contributed by atoms with van der Waals surface area (Å²) in [5.41, 5.74) is 0. The summed E-state index contributed by atoms with van der Waals surface area (Å²) in [5.74, 6) is -1.33. The predicted octanol–water partition coefficient (Wildman–Crippen LogP) is -4.30. The molecule has 0 amide bonds. The van der Waals surface area contributed by atoms with E-state index in [9.17, 15) is 14.8 Å². The van der Waals surface area contributed by atoms with E-state index in [1.54, 1.807) is 0 Å². The third-order valence-electron chi connectivity index (χ3n) is 1.01. The topological polar surface area (TPSA) is 84.9 Å². The molecule has 0 aliphatic carbocycles. The third-order valence-corrected chi connectivity index (χ3v) is 1.74. The molecular weight excluding hydrogens is 199 g/mol. The van der Waals surface area contributed by atoms with Crippen molar-refractivity contribution in [3.63, 3.8) is 0 Å². The van der Waals surface area contributed by atoms with Gasteiger partial charge in [-0.25, -0.2) is 0 Å². The Morgan fingerprint density at radius 2 is 2.25 bits per heavy atom. The van der Waals surface area contributed by atoms with Gasteiger partial charge in [-0.1, -0.05) is 0 Å². The summed E-state index contributed by atoms with van der Waals surface area (Å²) >= 11 is 0.466. The summed E-state index contributed by atoms with van der Waals surface area (Å²) in [6.07, 6.45) is -0.0904. The summed E-state index contributed by atoms with van der Waals surface area (Å²) in [4.78, 5) is 21.0. The summed E-state index contributed by atoms with van der Waals surface area (Å²) in [6, 6.07) is 0. The molecule has 0 radical (unpaired) electrons. The van der Waals surface area contributed by atoms with Crippen LogP contribution in [-0.4, -0.2) is 17.2 Å². The quantitative estimate of drug-likeness (QED) is 0.114. The molecule has 1 aliphatic rings. The van der Waals surface area contributed by atoms with E-state index in [2.05, 4.69) is 14.1 Å². The van der Waals surface area contributed by atoms with Crippen molar-refractivity contribution < 1.29 is 58.5 Å². The van der Waals surface area contributed by atoms with Crippen LogP contribution in [0.15, 0.2) is 0 Å². The molecular formula is C4H3NaO6S. The molecule has 0 aromatic carbocycles. The van der Waals surface area contributed by atoms with Gasteiger partial charge in [-0.15, -0.1) is 0 Å².